The van der Waals surface area contributed by atoms with Gasteiger partial charge in [0, 0.05) is 20.3 Å². The molecule has 1 aliphatic carbocycles. The van der Waals surface area contributed by atoms with Crippen LogP contribution in [0.1, 0.15) is 49.3 Å². The molecule has 1 atom stereocenters. The molecule has 7 heteroatoms. The summed E-state index contributed by atoms with van der Waals surface area (Å²) in [5.41, 5.74) is 1.82. The molecule has 0 radical (unpaired) electrons. The molecule has 0 heterocycles. The van der Waals surface area contributed by atoms with Crippen LogP contribution in [0.15, 0.2) is 24.3 Å². The third-order valence-electron chi connectivity index (χ3n) is 5.21. The predicted octanol–water partition coefficient (Wildman–Crippen LogP) is 3.17. The van der Waals surface area contributed by atoms with Gasteiger partial charge in [0.15, 0.2) is 6.29 Å². The summed E-state index contributed by atoms with van der Waals surface area (Å²) < 4.78 is 10.5. The molecule has 0 saturated heterocycles. The van der Waals surface area contributed by atoms with Gasteiger partial charge in [-0.3, -0.25) is 9.59 Å². The molecule has 1 N–H and O–H groups in total. The molecule has 1 saturated carbocycles. The highest BCUT2D eigenvalue weighted by Crippen LogP contribution is 2.25. The van der Waals surface area contributed by atoms with Crippen LogP contribution in [-0.2, 0) is 19.1 Å². The van der Waals surface area contributed by atoms with Gasteiger partial charge in [-0.15, -0.1) is 11.6 Å². The van der Waals surface area contributed by atoms with Crippen molar-refractivity contribution in [2.24, 2.45) is 0 Å². The Hall–Kier alpha value is -1.63. The van der Waals surface area contributed by atoms with Gasteiger partial charge in [-0.1, -0.05) is 49.1 Å². The van der Waals surface area contributed by atoms with Crippen LogP contribution in [0.5, 0.6) is 0 Å². The standard InChI is InChI=1S/C21H31ClN2O4/c1-15-9-11-16(12-10-15)20(21(26)23-17-7-5-4-6-8-17)24(18(25)13-22)14-19(27-2)28-3/h9-12,17,19-20H,4-8,13-14H2,1-3H3,(H,23,26)/t20-/m1/s1. The van der Waals surface area contributed by atoms with Crippen LogP contribution >= 0.6 is 11.6 Å². The van der Waals surface area contributed by atoms with E-state index in [0.29, 0.717) is 0 Å². The van der Waals surface area contributed by atoms with Crippen molar-refractivity contribution in [3.8, 4) is 0 Å². The van der Waals surface area contributed by atoms with Gasteiger partial charge < -0.3 is 19.7 Å². The number of methoxy groups -OCH3 is 2. The van der Waals surface area contributed by atoms with Gasteiger partial charge >= 0.3 is 0 Å². The van der Waals surface area contributed by atoms with Crippen molar-refractivity contribution in [1.82, 2.24) is 10.2 Å². The van der Waals surface area contributed by atoms with Crippen LogP contribution in [0.25, 0.3) is 0 Å². The van der Waals surface area contributed by atoms with E-state index in [0.717, 1.165) is 36.8 Å². The third-order valence-corrected chi connectivity index (χ3v) is 5.44. The Balaban J connectivity index is 2.33. The summed E-state index contributed by atoms with van der Waals surface area (Å²) in [6, 6.07) is 6.98. The predicted molar refractivity (Wildman–Crippen MR) is 109 cm³/mol. The number of benzene rings is 1. The van der Waals surface area contributed by atoms with Gasteiger partial charge in [-0.25, -0.2) is 0 Å². The van der Waals surface area contributed by atoms with Crippen molar-refractivity contribution >= 4 is 23.4 Å². The number of carbonyl (C=O) groups is 2. The van der Waals surface area contributed by atoms with Crippen LogP contribution < -0.4 is 5.32 Å². The largest absolute Gasteiger partial charge is 0.354 e. The Morgan fingerprint density at radius 1 is 1.14 bits per heavy atom. The molecule has 28 heavy (non-hydrogen) atoms. The van der Waals surface area contributed by atoms with E-state index in [9.17, 15) is 9.59 Å². The fourth-order valence-corrected chi connectivity index (χ4v) is 3.74. The summed E-state index contributed by atoms with van der Waals surface area (Å²) in [5, 5.41) is 3.14. The van der Waals surface area contributed by atoms with E-state index >= 15 is 0 Å². The monoisotopic (exact) mass is 410 g/mol. The minimum absolute atomic E-state index is 0.106. The van der Waals surface area contributed by atoms with E-state index in [1.165, 1.54) is 25.5 Å². The van der Waals surface area contributed by atoms with Crippen LogP contribution in [0.3, 0.4) is 0 Å². The van der Waals surface area contributed by atoms with E-state index in [4.69, 9.17) is 21.1 Å². The van der Waals surface area contributed by atoms with E-state index in [1.807, 2.05) is 31.2 Å². The Kier molecular flexibility index (Phi) is 9.22. The molecule has 6 nitrogen and oxygen atoms in total. The van der Waals surface area contributed by atoms with Crippen molar-refractivity contribution < 1.29 is 19.1 Å². The van der Waals surface area contributed by atoms with Crippen molar-refractivity contribution in [2.75, 3.05) is 26.6 Å². The summed E-state index contributed by atoms with van der Waals surface area (Å²) in [6.07, 6.45) is 4.71. The number of hydrogen-bond acceptors (Lipinski definition) is 4. The fraction of sp³-hybridized carbons (Fsp3) is 0.619. The van der Waals surface area contributed by atoms with E-state index in [1.54, 1.807) is 0 Å². The van der Waals surface area contributed by atoms with Crippen LogP contribution in [0.2, 0.25) is 0 Å². The molecule has 0 bridgehead atoms. The smallest absolute Gasteiger partial charge is 0.247 e. The number of halogens is 1. The second kappa shape index (κ2) is 11.4. The lowest BCUT2D eigenvalue weighted by Gasteiger charge is -2.34. The highest BCUT2D eigenvalue weighted by Gasteiger charge is 2.34. The Morgan fingerprint density at radius 3 is 2.29 bits per heavy atom. The Bertz CT molecular complexity index is 628. The molecule has 0 aromatic heterocycles. The van der Waals surface area contributed by atoms with E-state index in [2.05, 4.69) is 5.32 Å². The number of aryl methyl sites for hydroxylation is 1. The summed E-state index contributed by atoms with van der Waals surface area (Å²) >= 11 is 5.87. The van der Waals surface area contributed by atoms with E-state index < -0.39 is 12.3 Å². The first-order valence-corrected chi connectivity index (χ1v) is 10.3. The highest BCUT2D eigenvalue weighted by atomic mass is 35.5. The molecule has 2 rings (SSSR count). The summed E-state index contributed by atoms with van der Waals surface area (Å²) in [4.78, 5) is 27.4. The average molecular weight is 411 g/mol. The number of ether oxygens (including phenoxy) is 2. The van der Waals surface area contributed by atoms with Crippen LogP contribution in [0, 0.1) is 6.92 Å². The van der Waals surface area contributed by atoms with Gasteiger partial charge in [-0.05, 0) is 25.3 Å². The number of nitrogens with zero attached hydrogens (tertiary/aromatic N) is 1. The Labute approximate surface area is 172 Å². The van der Waals surface area contributed by atoms with Gasteiger partial charge in [0.1, 0.15) is 11.9 Å². The normalized spacial score (nSPS) is 16.0. The quantitative estimate of drug-likeness (QED) is 0.501. The van der Waals surface area contributed by atoms with Gasteiger partial charge in [0.25, 0.3) is 0 Å². The molecule has 1 fully saturated rings. The van der Waals surface area contributed by atoms with E-state index in [-0.39, 0.29) is 30.3 Å². The lowest BCUT2D eigenvalue weighted by atomic mass is 9.94. The van der Waals surface area contributed by atoms with Crippen molar-refractivity contribution in [3.05, 3.63) is 35.4 Å². The molecular formula is C21H31ClN2O4. The maximum absolute atomic E-state index is 13.3. The SMILES string of the molecule is COC(CN(C(=O)CCl)[C@@H](C(=O)NC1CCCCC1)c1ccc(C)cc1)OC. The maximum atomic E-state index is 13.3. The first kappa shape index (κ1) is 22.7. The minimum Gasteiger partial charge on any atom is -0.354 e. The number of rotatable bonds is 9. The number of hydrogen-bond donors (Lipinski definition) is 1. The first-order valence-electron chi connectivity index (χ1n) is 9.78. The average Bonchev–Trinajstić information content (AvgIpc) is 2.72. The molecule has 1 aromatic rings. The summed E-state index contributed by atoms with van der Waals surface area (Å²) in [5.74, 6) is -0.760. The molecule has 1 aromatic carbocycles. The van der Waals surface area contributed by atoms with Crippen LogP contribution in [0.4, 0.5) is 0 Å². The number of alkyl halides is 1. The van der Waals surface area contributed by atoms with Gasteiger partial charge in [-0.2, -0.15) is 0 Å². The second-order valence-electron chi connectivity index (χ2n) is 7.24. The molecule has 156 valence electrons. The fourth-order valence-electron chi connectivity index (χ4n) is 3.58. The zero-order valence-electron chi connectivity index (χ0n) is 16.9. The van der Waals surface area contributed by atoms with Crippen LogP contribution in [-0.4, -0.2) is 55.7 Å². The number of amides is 2. The van der Waals surface area contributed by atoms with Crippen molar-refractivity contribution in [2.45, 2.75) is 57.4 Å². The van der Waals surface area contributed by atoms with Gasteiger partial charge in [0.2, 0.25) is 11.8 Å². The number of carbonyl (C=O) groups excluding carboxylic acids is 2. The molecule has 2 amide bonds. The molecule has 0 aliphatic heterocycles. The minimum atomic E-state index is -0.790. The summed E-state index contributed by atoms with van der Waals surface area (Å²) in [7, 11) is 3.00. The zero-order valence-corrected chi connectivity index (χ0v) is 17.7. The van der Waals surface area contributed by atoms with Crippen molar-refractivity contribution in [3.63, 3.8) is 0 Å². The highest BCUT2D eigenvalue weighted by molar-refractivity contribution is 6.27. The lowest BCUT2D eigenvalue weighted by molar-refractivity contribution is -0.153. The first-order chi connectivity index (χ1) is 13.5. The lowest BCUT2D eigenvalue weighted by Crippen LogP contribution is -2.50. The zero-order chi connectivity index (χ0) is 20.5. The maximum Gasteiger partial charge on any atom is 0.247 e. The molecule has 0 spiro atoms. The second-order valence-corrected chi connectivity index (χ2v) is 7.50. The topological polar surface area (TPSA) is 67.9 Å². The molecule has 0 unspecified atom stereocenters. The molecular weight excluding hydrogens is 380 g/mol. The molecule has 1 aliphatic rings. The van der Waals surface area contributed by atoms with Crippen molar-refractivity contribution in [1.29, 1.82) is 0 Å². The third kappa shape index (κ3) is 6.19. The number of nitrogens with one attached hydrogen (secondary N) is 1. The Morgan fingerprint density at radius 2 is 1.75 bits per heavy atom. The van der Waals surface area contributed by atoms with Gasteiger partial charge in [0.05, 0.1) is 6.54 Å². The summed E-state index contributed by atoms with van der Waals surface area (Å²) in [6.45, 7) is 2.09.